The van der Waals surface area contributed by atoms with E-state index in [2.05, 4.69) is 0 Å². The summed E-state index contributed by atoms with van der Waals surface area (Å²) in [7, 11) is 1.54. The van der Waals surface area contributed by atoms with Gasteiger partial charge in [-0.15, -0.1) is 0 Å². The summed E-state index contributed by atoms with van der Waals surface area (Å²) in [5, 5.41) is 8.94. The monoisotopic (exact) mass is 377 g/mol. The number of aliphatic carboxylic acids is 1. The Labute approximate surface area is 156 Å². The lowest BCUT2D eigenvalue weighted by atomic mass is 9.99. The molecule has 1 unspecified atom stereocenters. The number of nitrogens with zero attached hydrogens (tertiary/aromatic N) is 1. The predicted molar refractivity (Wildman–Crippen MR) is 95.4 cm³/mol. The second kappa shape index (κ2) is 9.12. The first-order valence-electron chi connectivity index (χ1n) is 8.40. The van der Waals surface area contributed by atoms with Gasteiger partial charge in [0.15, 0.2) is 11.6 Å². The Morgan fingerprint density at radius 2 is 1.78 bits per heavy atom. The number of carbonyl (C=O) groups is 2. The molecule has 0 saturated heterocycles. The Kier molecular flexibility index (Phi) is 6.87. The minimum Gasteiger partial charge on any atom is -0.497 e. The van der Waals surface area contributed by atoms with E-state index in [0.29, 0.717) is 11.3 Å². The molecule has 0 aliphatic rings. The average Bonchev–Trinajstić information content (AvgIpc) is 2.66. The van der Waals surface area contributed by atoms with Gasteiger partial charge in [-0.05, 0) is 42.3 Å². The third-order valence-electron chi connectivity index (χ3n) is 4.25. The summed E-state index contributed by atoms with van der Waals surface area (Å²) in [6, 6.07) is 10.3. The van der Waals surface area contributed by atoms with Crippen molar-refractivity contribution in [3.8, 4) is 5.75 Å². The zero-order chi connectivity index (χ0) is 20.0. The molecule has 0 saturated carbocycles. The van der Waals surface area contributed by atoms with Gasteiger partial charge < -0.3 is 14.7 Å². The number of carboxylic acid groups (broad SMARTS) is 1. The molecule has 7 heteroatoms. The number of benzene rings is 2. The van der Waals surface area contributed by atoms with Crippen LogP contribution in [0, 0.1) is 11.6 Å². The van der Waals surface area contributed by atoms with Gasteiger partial charge in [0.2, 0.25) is 5.91 Å². The predicted octanol–water partition coefficient (Wildman–Crippen LogP) is 3.58. The van der Waals surface area contributed by atoms with Gasteiger partial charge in [-0.3, -0.25) is 9.59 Å². The van der Waals surface area contributed by atoms with Crippen LogP contribution >= 0.6 is 0 Å². The molecule has 0 fully saturated rings. The first-order valence-corrected chi connectivity index (χ1v) is 8.40. The molecule has 0 bridgehead atoms. The summed E-state index contributed by atoms with van der Waals surface area (Å²) >= 11 is 0. The highest BCUT2D eigenvalue weighted by Gasteiger charge is 2.23. The normalized spacial score (nSPS) is 11.7. The molecule has 0 spiro atoms. The van der Waals surface area contributed by atoms with E-state index >= 15 is 0 Å². The third-order valence-corrected chi connectivity index (χ3v) is 4.25. The lowest BCUT2D eigenvalue weighted by Gasteiger charge is -2.26. The Balaban J connectivity index is 2.20. The van der Waals surface area contributed by atoms with Gasteiger partial charge in [-0.25, -0.2) is 8.78 Å². The lowest BCUT2D eigenvalue weighted by molar-refractivity contribution is -0.139. The van der Waals surface area contributed by atoms with Gasteiger partial charge in [-0.1, -0.05) is 18.2 Å². The van der Waals surface area contributed by atoms with Crippen LogP contribution in [0.3, 0.4) is 0 Å². The quantitative estimate of drug-likeness (QED) is 0.764. The molecular weight excluding hydrogens is 356 g/mol. The van der Waals surface area contributed by atoms with Crippen LogP contribution in [0.1, 0.15) is 30.4 Å². The Hall–Kier alpha value is -2.96. The zero-order valence-electron chi connectivity index (χ0n) is 15.1. The highest BCUT2D eigenvalue weighted by atomic mass is 19.2. The number of methoxy groups -OCH3 is 1. The molecule has 1 N–H and O–H groups in total. The fourth-order valence-corrected chi connectivity index (χ4v) is 2.67. The smallest absolute Gasteiger partial charge is 0.305 e. The average molecular weight is 377 g/mol. The van der Waals surface area contributed by atoms with Gasteiger partial charge in [0.05, 0.1) is 19.4 Å². The van der Waals surface area contributed by atoms with Crippen molar-refractivity contribution in [1.82, 2.24) is 4.90 Å². The van der Waals surface area contributed by atoms with Crippen molar-refractivity contribution < 1.29 is 28.2 Å². The van der Waals surface area contributed by atoms with E-state index in [1.54, 1.807) is 38.3 Å². The summed E-state index contributed by atoms with van der Waals surface area (Å²) in [5.74, 6) is -3.21. The van der Waals surface area contributed by atoms with E-state index in [4.69, 9.17) is 9.84 Å². The molecule has 2 aromatic carbocycles. The molecule has 1 atom stereocenters. The van der Waals surface area contributed by atoms with Crippen molar-refractivity contribution in [3.05, 3.63) is 65.2 Å². The van der Waals surface area contributed by atoms with E-state index in [1.807, 2.05) is 0 Å². The second-order valence-corrected chi connectivity index (χ2v) is 6.15. The highest BCUT2D eigenvalue weighted by Crippen LogP contribution is 2.22. The van der Waals surface area contributed by atoms with Crippen LogP contribution in [-0.2, 0) is 16.1 Å². The maximum absolute atomic E-state index is 13.5. The molecule has 0 heterocycles. The van der Waals surface area contributed by atoms with Gasteiger partial charge >= 0.3 is 5.97 Å². The molecule has 0 aliphatic carbocycles. The fraction of sp³-hybridized carbons (Fsp3) is 0.300. The van der Waals surface area contributed by atoms with Crippen LogP contribution in [0.15, 0.2) is 42.5 Å². The highest BCUT2D eigenvalue weighted by molar-refractivity contribution is 5.83. The first kappa shape index (κ1) is 20.4. The largest absolute Gasteiger partial charge is 0.497 e. The summed E-state index contributed by atoms with van der Waals surface area (Å²) in [5.41, 5.74) is 1.13. The Bertz CT molecular complexity index is 808. The van der Waals surface area contributed by atoms with Crippen LogP contribution in [0.5, 0.6) is 5.75 Å². The maximum Gasteiger partial charge on any atom is 0.305 e. The first-order chi connectivity index (χ1) is 12.8. The van der Waals surface area contributed by atoms with Crippen molar-refractivity contribution in [1.29, 1.82) is 0 Å². The molecule has 2 aromatic rings. The lowest BCUT2D eigenvalue weighted by Crippen LogP contribution is -2.35. The number of amides is 1. The molecule has 1 amide bonds. The van der Waals surface area contributed by atoms with Crippen LogP contribution in [0.25, 0.3) is 0 Å². The minimum absolute atomic E-state index is 0.0101. The van der Waals surface area contributed by atoms with Gasteiger partial charge in [0.25, 0.3) is 0 Å². The Morgan fingerprint density at radius 3 is 2.33 bits per heavy atom. The molecular formula is C20H21F2NO4. The standard InChI is InChI=1S/C20H21F2NO4/c1-13(15-4-6-16(27-2)7-5-15)20(26)23(10-9-19(24)25)12-14-3-8-17(21)18(22)11-14/h3-8,11,13H,9-10,12H2,1-2H3,(H,24,25). The number of rotatable bonds is 8. The zero-order valence-corrected chi connectivity index (χ0v) is 15.1. The number of hydrogen-bond donors (Lipinski definition) is 1. The van der Waals surface area contributed by atoms with Crippen molar-refractivity contribution in [2.45, 2.75) is 25.8 Å². The summed E-state index contributed by atoms with van der Waals surface area (Å²) in [6.07, 6.45) is -0.245. The van der Waals surface area contributed by atoms with Gasteiger partial charge in [0, 0.05) is 13.1 Å². The number of halogens is 2. The van der Waals surface area contributed by atoms with Gasteiger partial charge in [-0.2, -0.15) is 0 Å². The topological polar surface area (TPSA) is 66.8 Å². The van der Waals surface area contributed by atoms with E-state index in [0.717, 1.165) is 17.7 Å². The molecule has 0 radical (unpaired) electrons. The number of ether oxygens (including phenoxy) is 1. The number of carbonyl (C=O) groups excluding carboxylic acids is 1. The van der Waals surface area contributed by atoms with Crippen LogP contribution in [0.2, 0.25) is 0 Å². The van der Waals surface area contributed by atoms with Crippen molar-refractivity contribution >= 4 is 11.9 Å². The Morgan fingerprint density at radius 1 is 1.11 bits per heavy atom. The number of hydrogen-bond acceptors (Lipinski definition) is 3. The van der Waals surface area contributed by atoms with Crippen molar-refractivity contribution in [2.24, 2.45) is 0 Å². The van der Waals surface area contributed by atoms with E-state index in [1.165, 1.54) is 11.0 Å². The van der Waals surface area contributed by atoms with Crippen molar-refractivity contribution in [3.63, 3.8) is 0 Å². The second-order valence-electron chi connectivity index (χ2n) is 6.15. The van der Waals surface area contributed by atoms with E-state index in [-0.39, 0.29) is 25.4 Å². The molecule has 5 nitrogen and oxygen atoms in total. The van der Waals surface area contributed by atoms with E-state index < -0.39 is 23.5 Å². The van der Waals surface area contributed by atoms with E-state index in [9.17, 15) is 18.4 Å². The van der Waals surface area contributed by atoms with Crippen molar-refractivity contribution in [2.75, 3.05) is 13.7 Å². The third kappa shape index (κ3) is 5.51. The van der Waals surface area contributed by atoms with Crippen LogP contribution < -0.4 is 4.74 Å². The van der Waals surface area contributed by atoms with Gasteiger partial charge in [0.1, 0.15) is 5.75 Å². The molecule has 2 rings (SSSR count). The maximum atomic E-state index is 13.5. The summed E-state index contributed by atoms with van der Waals surface area (Å²) in [6.45, 7) is 1.67. The molecule has 144 valence electrons. The summed E-state index contributed by atoms with van der Waals surface area (Å²) < 4.78 is 31.7. The molecule has 0 aliphatic heterocycles. The van der Waals surface area contributed by atoms with Crippen LogP contribution in [0.4, 0.5) is 8.78 Å². The number of carboxylic acids is 1. The minimum atomic E-state index is -1.05. The van der Waals surface area contributed by atoms with Crippen LogP contribution in [-0.4, -0.2) is 35.5 Å². The fourth-order valence-electron chi connectivity index (χ4n) is 2.67. The summed E-state index contributed by atoms with van der Waals surface area (Å²) in [4.78, 5) is 25.2. The molecule has 27 heavy (non-hydrogen) atoms. The SMILES string of the molecule is COc1ccc(C(C)C(=O)N(CCC(=O)O)Cc2ccc(F)c(F)c2)cc1. The molecule has 0 aromatic heterocycles.